The van der Waals surface area contributed by atoms with Gasteiger partial charge in [0.1, 0.15) is 22.3 Å². The van der Waals surface area contributed by atoms with Crippen LogP contribution >= 0.6 is 0 Å². The topological polar surface area (TPSA) is 65.0 Å². The second-order valence-electron chi connectivity index (χ2n) is 12.4. The Labute approximate surface area is 287 Å². The normalized spacial score (nSPS) is 11.6. The molecule has 0 aliphatic heterocycles. The standard InChI is InChI=1S/C45H27N3O2/c1-3-12-28(13-4-1)30-16-11-17-32(26-30)44-46-43(29-14-5-2-6-15-29)47-45(48-44)37-25-24-33(41-36-19-8-10-21-39(36)50-42(37)41)31-22-23-35-34-18-7-9-20-38(34)49-40(35)27-31/h1-27H. The second-order valence-corrected chi connectivity index (χ2v) is 12.4. The minimum Gasteiger partial charge on any atom is -0.456 e. The van der Waals surface area contributed by atoms with E-state index in [1.165, 1.54) is 0 Å². The minimum absolute atomic E-state index is 0.544. The van der Waals surface area contributed by atoms with Gasteiger partial charge in [0, 0.05) is 32.7 Å². The molecule has 0 spiro atoms. The molecule has 0 radical (unpaired) electrons. The third-order valence-corrected chi connectivity index (χ3v) is 9.35. The van der Waals surface area contributed by atoms with Crippen molar-refractivity contribution in [1.29, 1.82) is 0 Å². The highest BCUT2D eigenvalue weighted by Gasteiger charge is 2.21. The molecule has 0 saturated heterocycles. The van der Waals surface area contributed by atoms with E-state index in [1.54, 1.807) is 0 Å². The molecule has 0 N–H and O–H groups in total. The summed E-state index contributed by atoms with van der Waals surface area (Å²) in [4.78, 5) is 15.2. The molecule has 10 rings (SSSR count). The average molecular weight is 642 g/mol. The average Bonchev–Trinajstić information content (AvgIpc) is 3.77. The van der Waals surface area contributed by atoms with Crippen LogP contribution in [0.2, 0.25) is 0 Å². The van der Waals surface area contributed by atoms with E-state index in [0.717, 1.165) is 82.8 Å². The Kier molecular flexibility index (Phi) is 6.42. The SMILES string of the molecule is c1ccc(-c2cccc(-c3nc(-c4ccccc4)nc(-c4ccc(-c5ccc6c(c5)oc5ccccc56)c5c4oc4ccccc45)n3)c2)cc1. The number of nitrogens with zero attached hydrogens (tertiary/aromatic N) is 3. The largest absolute Gasteiger partial charge is 0.456 e. The van der Waals surface area contributed by atoms with Gasteiger partial charge in [-0.2, -0.15) is 0 Å². The fraction of sp³-hybridized carbons (Fsp3) is 0. The van der Waals surface area contributed by atoms with Crippen molar-refractivity contribution in [1.82, 2.24) is 15.0 Å². The quantitative estimate of drug-likeness (QED) is 0.187. The summed E-state index contributed by atoms with van der Waals surface area (Å²) < 4.78 is 13.0. The van der Waals surface area contributed by atoms with Crippen molar-refractivity contribution < 1.29 is 8.83 Å². The number of benzene rings is 7. The van der Waals surface area contributed by atoms with Crippen LogP contribution < -0.4 is 0 Å². The smallest absolute Gasteiger partial charge is 0.167 e. The molecule has 0 aliphatic rings. The van der Waals surface area contributed by atoms with Crippen LogP contribution in [0.25, 0.3) is 100 Å². The molecule has 0 amide bonds. The molecule has 234 valence electrons. The van der Waals surface area contributed by atoms with Crippen molar-refractivity contribution in [2.45, 2.75) is 0 Å². The lowest BCUT2D eigenvalue weighted by molar-refractivity contribution is 0.668. The lowest BCUT2D eigenvalue weighted by atomic mass is 9.96. The zero-order chi connectivity index (χ0) is 33.0. The highest BCUT2D eigenvalue weighted by molar-refractivity contribution is 6.16. The first kappa shape index (κ1) is 28.2. The predicted octanol–water partition coefficient (Wildman–Crippen LogP) is 12.0. The summed E-state index contributed by atoms with van der Waals surface area (Å²) in [5.41, 5.74) is 10.2. The highest BCUT2D eigenvalue weighted by atomic mass is 16.3. The molecular formula is C45H27N3O2. The summed E-state index contributed by atoms with van der Waals surface area (Å²) in [5.74, 6) is 1.73. The second kappa shape index (κ2) is 11.4. The number of fused-ring (bicyclic) bond motifs is 6. The number of rotatable bonds is 5. The summed E-state index contributed by atoms with van der Waals surface area (Å²) in [6.45, 7) is 0. The van der Waals surface area contributed by atoms with Crippen LogP contribution in [0.5, 0.6) is 0 Å². The molecule has 0 saturated carbocycles. The van der Waals surface area contributed by atoms with Gasteiger partial charge >= 0.3 is 0 Å². The van der Waals surface area contributed by atoms with Crippen molar-refractivity contribution in [3.63, 3.8) is 0 Å². The first-order chi connectivity index (χ1) is 24.8. The molecule has 3 heterocycles. The fourth-order valence-electron chi connectivity index (χ4n) is 6.95. The van der Waals surface area contributed by atoms with Crippen LogP contribution in [0.3, 0.4) is 0 Å². The van der Waals surface area contributed by atoms with Gasteiger partial charge in [-0.3, -0.25) is 0 Å². The molecular weight excluding hydrogens is 615 g/mol. The van der Waals surface area contributed by atoms with E-state index in [4.69, 9.17) is 23.8 Å². The maximum Gasteiger partial charge on any atom is 0.167 e. The van der Waals surface area contributed by atoms with Crippen LogP contribution in [0, 0.1) is 0 Å². The minimum atomic E-state index is 0.544. The number of para-hydroxylation sites is 2. The number of aromatic nitrogens is 3. The first-order valence-corrected chi connectivity index (χ1v) is 16.6. The Morgan fingerprint density at radius 1 is 0.320 bits per heavy atom. The van der Waals surface area contributed by atoms with Gasteiger partial charge in [0.15, 0.2) is 17.5 Å². The van der Waals surface area contributed by atoms with Gasteiger partial charge in [0.2, 0.25) is 0 Å². The first-order valence-electron chi connectivity index (χ1n) is 16.6. The third-order valence-electron chi connectivity index (χ3n) is 9.35. The molecule has 50 heavy (non-hydrogen) atoms. The van der Waals surface area contributed by atoms with E-state index in [2.05, 4.69) is 72.8 Å². The Morgan fingerprint density at radius 3 is 1.70 bits per heavy atom. The van der Waals surface area contributed by atoms with E-state index < -0.39 is 0 Å². The van der Waals surface area contributed by atoms with Crippen LogP contribution in [-0.4, -0.2) is 15.0 Å². The van der Waals surface area contributed by atoms with Gasteiger partial charge in [0.25, 0.3) is 0 Å². The predicted molar refractivity (Wildman–Crippen MR) is 202 cm³/mol. The molecule has 0 fully saturated rings. The third kappa shape index (κ3) is 4.67. The van der Waals surface area contributed by atoms with E-state index in [9.17, 15) is 0 Å². The van der Waals surface area contributed by atoms with Crippen molar-refractivity contribution in [2.75, 3.05) is 0 Å². The van der Waals surface area contributed by atoms with Gasteiger partial charge in [-0.05, 0) is 58.7 Å². The summed E-state index contributed by atoms with van der Waals surface area (Å²) in [6, 6.07) is 55.7. The molecule has 0 bridgehead atoms. The monoisotopic (exact) mass is 641 g/mol. The van der Waals surface area contributed by atoms with Gasteiger partial charge < -0.3 is 8.83 Å². The fourth-order valence-corrected chi connectivity index (χ4v) is 6.95. The molecule has 7 aromatic carbocycles. The number of furan rings is 2. The van der Waals surface area contributed by atoms with E-state index in [-0.39, 0.29) is 0 Å². The molecule has 0 unspecified atom stereocenters. The summed E-state index contributed by atoms with van der Waals surface area (Å²) in [6.07, 6.45) is 0. The number of hydrogen-bond acceptors (Lipinski definition) is 5. The van der Waals surface area contributed by atoms with Crippen LogP contribution in [-0.2, 0) is 0 Å². The van der Waals surface area contributed by atoms with E-state index >= 15 is 0 Å². The van der Waals surface area contributed by atoms with E-state index in [0.29, 0.717) is 17.5 Å². The van der Waals surface area contributed by atoms with Crippen molar-refractivity contribution >= 4 is 43.9 Å². The van der Waals surface area contributed by atoms with E-state index in [1.807, 2.05) is 91.0 Å². The van der Waals surface area contributed by atoms with Crippen molar-refractivity contribution in [2.24, 2.45) is 0 Å². The Hall–Kier alpha value is -6.85. The Morgan fingerprint density at radius 2 is 0.900 bits per heavy atom. The van der Waals surface area contributed by atoms with Crippen molar-refractivity contribution in [3.05, 3.63) is 164 Å². The van der Waals surface area contributed by atoms with Crippen LogP contribution in [0.1, 0.15) is 0 Å². The highest BCUT2D eigenvalue weighted by Crippen LogP contribution is 2.43. The molecule has 0 atom stereocenters. The Bertz CT molecular complexity index is 2870. The molecule has 10 aromatic rings. The van der Waals surface area contributed by atoms with Crippen LogP contribution in [0.4, 0.5) is 0 Å². The lowest BCUT2D eigenvalue weighted by Crippen LogP contribution is -2.00. The summed E-state index contributed by atoms with van der Waals surface area (Å²) in [5, 5.41) is 4.23. The molecule has 3 aromatic heterocycles. The van der Waals surface area contributed by atoms with Gasteiger partial charge in [-0.1, -0.05) is 127 Å². The zero-order valence-electron chi connectivity index (χ0n) is 26.7. The Balaban J connectivity index is 1.19. The molecule has 5 heteroatoms. The van der Waals surface area contributed by atoms with Crippen molar-refractivity contribution in [3.8, 4) is 56.4 Å². The van der Waals surface area contributed by atoms with Gasteiger partial charge in [-0.25, -0.2) is 15.0 Å². The maximum absolute atomic E-state index is 6.68. The molecule has 5 nitrogen and oxygen atoms in total. The maximum atomic E-state index is 6.68. The van der Waals surface area contributed by atoms with Gasteiger partial charge in [-0.15, -0.1) is 0 Å². The van der Waals surface area contributed by atoms with Gasteiger partial charge in [0.05, 0.1) is 5.56 Å². The lowest BCUT2D eigenvalue weighted by Gasteiger charge is -2.11. The zero-order valence-corrected chi connectivity index (χ0v) is 26.7. The summed E-state index contributed by atoms with van der Waals surface area (Å²) in [7, 11) is 0. The van der Waals surface area contributed by atoms with Crippen LogP contribution in [0.15, 0.2) is 173 Å². The summed E-state index contributed by atoms with van der Waals surface area (Å²) >= 11 is 0. The number of hydrogen-bond donors (Lipinski definition) is 0. The molecule has 0 aliphatic carbocycles.